The Morgan fingerprint density at radius 1 is 1.29 bits per heavy atom. The lowest BCUT2D eigenvalue weighted by molar-refractivity contribution is 0.157. The van der Waals surface area contributed by atoms with Crippen LogP contribution in [0.15, 0.2) is 30.3 Å². The summed E-state index contributed by atoms with van der Waals surface area (Å²) in [6, 6.07) is 10.5. The highest BCUT2D eigenvalue weighted by Crippen LogP contribution is 2.24. The van der Waals surface area contributed by atoms with E-state index < -0.39 is 0 Å². The van der Waals surface area contributed by atoms with E-state index in [1.54, 1.807) is 7.11 Å². The molecule has 112 valence electrons. The first kappa shape index (κ1) is 14.3. The van der Waals surface area contributed by atoms with Crippen LogP contribution in [0.2, 0.25) is 0 Å². The van der Waals surface area contributed by atoms with Gasteiger partial charge < -0.3 is 10.5 Å². The fraction of sp³-hybridized carbons (Fsp3) is 0.471. The summed E-state index contributed by atoms with van der Waals surface area (Å²) in [4.78, 5) is 7.19. The van der Waals surface area contributed by atoms with Crippen LogP contribution in [0.3, 0.4) is 0 Å². The summed E-state index contributed by atoms with van der Waals surface area (Å²) in [7, 11) is 1.69. The molecule has 4 nitrogen and oxygen atoms in total. The molecule has 2 unspecified atom stereocenters. The van der Waals surface area contributed by atoms with Gasteiger partial charge in [0.2, 0.25) is 0 Å². The summed E-state index contributed by atoms with van der Waals surface area (Å²) in [5.41, 5.74) is 8.14. The Kier molecular flexibility index (Phi) is 4.08. The summed E-state index contributed by atoms with van der Waals surface area (Å²) >= 11 is 0. The number of hydrogen-bond donors (Lipinski definition) is 1. The van der Waals surface area contributed by atoms with Crippen molar-refractivity contribution in [3.05, 3.63) is 36.0 Å². The van der Waals surface area contributed by atoms with Gasteiger partial charge in [0.15, 0.2) is 0 Å². The van der Waals surface area contributed by atoms with Crippen LogP contribution in [0, 0.1) is 5.92 Å². The number of nitrogens with two attached hydrogens (primary N) is 1. The minimum Gasteiger partial charge on any atom is -0.494 e. The van der Waals surface area contributed by atoms with E-state index in [-0.39, 0.29) is 6.04 Å². The van der Waals surface area contributed by atoms with Crippen molar-refractivity contribution in [3.63, 3.8) is 0 Å². The van der Waals surface area contributed by atoms with Crippen molar-refractivity contribution in [2.45, 2.75) is 25.9 Å². The Labute approximate surface area is 125 Å². The third kappa shape index (κ3) is 3.17. The maximum atomic E-state index is 6.12. The Bertz CT molecular complexity index is 618. The highest BCUT2D eigenvalue weighted by atomic mass is 16.5. The molecule has 1 aromatic carbocycles. The van der Waals surface area contributed by atoms with Crippen molar-refractivity contribution >= 4 is 10.9 Å². The van der Waals surface area contributed by atoms with Crippen LogP contribution in [-0.2, 0) is 6.54 Å². The van der Waals surface area contributed by atoms with Gasteiger partial charge in [-0.1, -0.05) is 25.1 Å². The third-order valence-electron chi connectivity index (χ3n) is 4.11. The van der Waals surface area contributed by atoms with Gasteiger partial charge >= 0.3 is 0 Å². The summed E-state index contributed by atoms with van der Waals surface area (Å²) in [5.74, 6) is 1.49. The number of ether oxygens (including phenoxy) is 1. The lowest BCUT2D eigenvalue weighted by Gasteiger charge is -2.34. The summed E-state index contributed by atoms with van der Waals surface area (Å²) < 4.78 is 5.41. The standard InChI is InChI=1S/C17H23N3O/c1-12-8-14(18)10-20(9-12)11-15-7-6-13-4-3-5-16(21-2)17(13)19-15/h3-7,12,14H,8-11,18H2,1-2H3. The topological polar surface area (TPSA) is 51.4 Å². The first-order chi connectivity index (χ1) is 10.2. The fourth-order valence-corrected chi connectivity index (χ4v) is 3.28. The summed E-state index contributed by atoms with van der Waals surface area (Å²) in [6.45, 7) is 5.17. The SMILES string of the molecule is COc1cccc2ccc(CN3CC(C)CC(N)C3)nc12. The Balaban J connectivity index is 1.84. The number of pyridine rings is 1. The number of nitrogens with zero attached hydrogens (tertiary/aromatic N) is 2. The van der Waals surface area contributed by atoms with Crippen LogP contribution in [0.5, 0.6) is 5.75 Å². The van der Waals surface area contributed by atoms with E-state index in [9.17, 15) is 0 Å². The molecule has 0 saturated carbocycles. The van der Waals surface area contributed by atoms with Crippen LogP contribution in [0.1, 0.15) is 19.0 Å². The van der Waals surface area contributed by atoms with Crippen LogP contribution in [-0.4, -0.2) is 36.1 Å². The molecule has 1 aromatic heterocycles. The van der Waals surface area contributed by atoms with Gasteiger partial charge in [-0.15, -0.1) is 0 Å². The molecule has 3 rings (SSSR count). The third-order valence-corrected chi connectivity index (χ3v) is 4.11. The molecule has 2 N–H and O–H groups in total. The zero-order valence-corrected chi connectivity index (χ0v) is 12.7. The second kappa shape index (κ2) is 6.00. The second-order valence-corrected chi connectivity index (χ2v) is 6.13. The van der Waals surface area contributed by atoms with Crippen LogP contribution >= 0.6 is 0 Å². The number of aromatic nitrogens is 1. The molecule has 1 aliphatic rings. The number of likely N-dealkylation sites (tertiary alicyclic amines) is 1. The number of fused-ring (bicyclic) bond motifs is 1. The predicted molar refractivity (Wildman–Crippen MR) is 85.3 cm³/mol. The molecule has 1 fully saturated rings. The highest BCUT2D eigenvalue weighted by molar-refractivity contribution is 5.84. The Morgan fingerprint density at radius 2 is 2.14 bits per heavy atom. The molecule has 0 amide bonds. The van der Waals surface area contributed by atoms with Crippen molar-refractivity contribution in [2.75, 3.05) is 20.2 Å². The number of rotatable bonds is 3. The summed E-state index contributed by atoms with van der Waals surface area (Å²) in [5, 5.41) is 1.11. The quantitative estimate of drug-likeness (QED) is 0.941. The molecule has 2 aromatic rings. The predicted octanol–water partition coefficient (Wildman–Crippen LogP) is 2.41. The van der Waals surface area contributed by atoms with E-state index in [4.69, 9.17) is 15.5 Å². The van der Waals surface area contributed by atoms with Crippen LogP contribution in [0.4, 0.5) is 0 Å². The molecule has 1 aliphatic heterocycles. The fourth-order valence-electron chi connectivity index (χ4n) is 3.28. The van der Waals surface area contributed by atoms with Gasteiger partial charge in [0.25, 0.3) is 0 Å². The van der Waals surface area contributed by atoms with Crippen molar-refractivity contribution in [2.24, 2.45) is 11.7 Å². The van der Waals surface area contributed by atoms with Gasteiger partial charge in [-0.3, -0.25) is 4.90 Å². The lowest BCUT2D eigenvalue weighted by atomic mass is 9.96. The maximum Gasteiger partial charge on any atom is 0.145 e. The molecule has 0 spiro atoms. The second-order valence-electron chi connectivity index (χ2n) is 6.13. The minimum absolute atomic E-state index is 0.281. The Hall–Kier alpha value is -1.65. The van der Waals surface area contributed by atoms with Crippen molar-refractivity contribution < 1.29 is 4.74 Å². The zero-order valence-electron chi connectivity index (χ0n) is 12.7. The number of piperidine rings is 1. The van der Waals surface area contributed by atoms with Crippen molar-refractivity contribution in [1.29, 1.82) is 0 Å². The van der Waals surface area contributed by atoms with Crippen LogP contribution < -0.4 is 10.5 Å². The number of benzene rings is 1. The molecule has 0 radical (unpaired) electrons. The molecule has 1 saturated heterocycles. The van der Waals surface area contributed by atoms with E-state index in [0.717, 1.165) is 48.4 Å². The van der Waals surface area contributed by atoms with E-state index in [2.05, 4.69) is 30.0 Å². The first-order valence-electron chi connectivity index (χ1n) is 7.56. The number of methoxy groups -OCH3 is 1. The highest BCUT2D eigenvalue weighted by Gasteiger charge is 2.22. The number of hydrogen-bond acceptors (Lipinski definition) is 4. The van der Waals surface area contributed by atoms with Gasteiger partial charge in [0, 0.05) is 31.1 Å². The monoisotopic (exact) mass is 285 g/mol. The number of para-hydroxylation sites is 1. The molecule has 2 heterocycles. The smallest absolute Gasteiger partial charge is 0.145 e. The molecular weight excluding hydrogens is 262 g/mol. The van der Waals surface area contributed by atoms with E-state index in [1.807, 2.05) is 12.1 Å². The molecule has 0 bridgehead atoms. The van der Waals surface area contributed by atoms with E-state index in [0.29, 0.717) is 5.92 Å². The minimum atomic E-state index is 0.281. The average molecular weight is 285 g/mol. The van der Waals surface area contributed by atoms with Crippen LogP contribution in [0.25, 0.3) is 10.9 Å². The van der Waals surface area contributed by atoms with E-state index in [1.165, 1.54) is 0 Å². The average Bonchev–Trinajstić information content (AvgIpc) is 2.45. The Morgan fingerprint density at radius 3 is 2.90 bits per heavy atom. The normalized spacial score (nSPS) is 23.4. The van der Waals surface area contributed by atoms with Gasteiger partial charge in [0.05, 0.1) is 12.8 Å². The molecular formula is C17H23N3O. The molecule has 21 heavy (non-hydrogen) atoms. The molecule has 0 aliphatic carbocycles. The van der Waals surface area contributed by atoms with E-state index >= 15 is 0 Å². The van der Waals surface area contributed by atoms with Gasteiger partial charge in [-0.2, -0.15) is 0 Å². The first-order valence-corrected chi connectivity index (χ1v) is 7.56. The maximum absolute atomic E-state index is 6.12. The van der Waals surface area contributed by atoms with Crippen molar-refractivity contribution in [1.82, 2.24) is 9.88 Å². The largest absolute Gasteiger partial charge is 0.494 e. The van der Waals surface area contributed by atoms with Gasteiger partial charge in [-0.05, 0) is 24.5 Å². The summed E-state index contributed by atoms with van der Waals surface area (Å²) in [6.07, 6.45) is 1.12. The molecule has 2 atom stereocenters. The lowest BCUT2D eigenvalue weighted by Crippen LogP contribution is -2.45. The van der Waals surface area contributed by atoms with Crippen molar-refractivity contribution in [3.8, 4) is 5.75 Å². The molecule has 4 heteroatoms. The van der Waals surface area contributed by atoms with Gasteiger partial charge in [0.1, 0.15) is 11.3 Å². The van der Waals surface area contributed by atoms with Gasteiger partial charge in [-0.25, -0.2) is 4.98 Å². The zero-order chi connectivity index (χ0) is 14.8.